The van der Waals surface area contributed by atoms with E-state index in [9.17, 15) is 4.39 Å². The number of anilines is 2. The molecule has 1 N–H and O–H groups in total. The second-order valence-electron chi connectivity index (χ2n) is 7.57. The lowest BCUT2D eigenvalue weighted by Crippen LogP contribution is -2.05. The van der Waals surface area contributed by atoms with E-state index in [0.29, 0.717) is 11.8 Å². The smallest absolute Gasteiger partial charge is 0.123 e. The number of para-hydroxylation sites is 2. The van der Waals surface area contributed by atoms with Crippen LogP contribution in [0.4, 0.5) is 21.5 Å². The van der Waals surface area contributed by atoms with Crippen LogP contribution < -0.4 is 5.32 Å². The van der Waals surface area contributed by atoms with E-state index in [-0.39, 0.29) is 5.82 Å². The van der Waals surface area contributed by atoms with Gasteiger partial charge < -0.3 is 5.32 Å². The Morgan fingerprint density at radius 2 is 1.39 bits per heavy atom. The Morgan fingerprint density at radius 1 is 0.786 bits per heavy atom. The van der Waals surface area contributed by atoms with E-state index in [2.05, 4.69) is 62.3 Å². The number of benzene rings is 3. The molecular weight excluding hydrogens is 347 g/mol. The molecule has 0 aliphatic rings. The Kier molecular flexibility index (Phi) is 6.25. The summed E-state index contributed by atoms with van der Waals surface area (Å²) >= 11 is 0. The van der Waals surface area contributed by atoms with Crippen LogP contribution in [-0.4, -0.2) is 6.21 Å². The number of hydrogen-bond acceptors (Lipinski definition) is 2. The second kappa shape index (κ2) is 8.83. The van der Waals surface area contributed by atoms with Crippen molar-refractivity contribution in [3.63, 3.8) is 0 Å². The minimum Gasteiger partial charge on any atom is -0.355 e. The van der Waals surface area contributed by atoms with Gasteiger partial charge in [-0.15, -0.1) is 0 Å². The van der Waals surface area contributed by atoms with Crippen LogP contribution in [0.3, 0.4) is 0 Å². The van der Waals surface area contributed by atoms with Gasteiger partial charge in [0.1, 0.15) is 5.82 Å². The van der Waals surface area contributed by atoms with E-state index in [4.69, 9.17) is 0 Å². The Morgan fingerprint density at radius 3 is 2.00 bits per heavy atom. The molecule has 0 fully saturated rings. The normalized spacial score (nSPS) is 11.5. The molecule has 0 aromatic heterocycles. The largest absolute Gasteiger partial charge is 0.355 e. The summed E-state index contributed by atoms with van der Waals surface area (Å²) in [6.07, 6.45) is 1.82. The van der Waals surface area contributed by atoms with Gasteiger partial charge in [0.2, 0.25) is 0 Å². The van der Waals surface area contributed by atoms with Crippen LogP contribution in [0.15, 0.2) is 71.7 Å². The lowest BCUT2D eigenvalue weighted by Gasteiger charge is -2.21. The number of nitrogens with one attached hydrogen (secondary N) is 1. The molecule has 2 nitrogen and oxygen atoms in total. The van der Waals surface area contributed by atoms with Gasteiger partial charge in [0.25, 0.3) is 0 Å². The highest BCUT2D eigenvalue weighted by Crippen LogP contribution is 2.35. The third-order valence-electron chi connectivity index (χ3n) is 4.77. The Labute approximate surface area is 167 Å². The molecule has 3 aromatic carbocycles. The Hall–Kier alpha value is -2.94. The molecular formula is C25H27FN2. The van der Waals surface area contributed by atoms with Crippen molar-refractivity contribution in [1.82, 2.24) is 0 Å². The first kappa shape index (κ1) is 19.8. The number of hydrogen-bond donors (Lipinski definition) is 1. The molecule has 3 rings (SSSR count). The zero-order valence-electron chi connectivity index (χ0n) is 16.9. The lowest BCUT2D eigenvalue weighted by atomic mass is 9.92. The summed E-state index contributed by atoms with van der Waals surface area (Å²) in [5.41, 5.74) is 6.49. The van der Waals surface area contributed by atoms with Crippen molar-refractivity contribution in [2.75, 3.05) is 5.32 Å². The Balaban J connectivity index is 1.97. The molecule has 0 radical (unpaired) electrons. The molecule has 0 unspecified atom stereocenters. The van der Waals surface area contributed by atoms with Gasteiger partial charge >= 0.3 is 0 Å². The van der Waals surface area contributed by atoms with Crippen molar-refractivity contribution in [1.29, 1.82) is 0 Å². The predicted molar refractivity (Wildman–Crippen MR) is 118 cm³/mol. The number of aliphatic imine (C=N–C) groups is 1. The van der Waals surface area contributed by atoms with Gasteiger partial charge in [-0.1, -0.05) is 64.1 Å². The average molecular weight is 375 g/mol. The van der Waals surface area contributed by atoms with Gasteiger partial charge in [-0.3, -0.25) is 4.99 Å². The maximum absolute atomic E-state index is 13.1. The van der Waals surface area contributed by atoms with Crippen LogP contribution >= 0.6 is 0 Å². The SMILES string of the molecule is CC(C)c1cccc(C(C)C)c1Nc1ccccc1C=Nc1ccc(F)cc1. The topological polar surface area (TPSA) is 24.4 Å². The first-order valence-electron chi connectivity index (χ1n) is 9.74. The zero-order chi connectivity index (χ0) is 20.1. The van der Waals surface area contributed by atoms with Gasteiger partial charge in [-0.05, 0) is 53.3 Å². The predicted octanol–water partition coefficient (Wildman–Crippen LogP) is 7.57. The minimum absolute atomic E-state index is 0.257. The summed E-state index contributed by atoms with van der Waals surface area (Å²) in [6.45, 7) is 8.86. The van der Waals surface area contributed by atoms with E-state index in [1.807, 2.05) is 24.4 Å². The summed E-state index contributed by atoms with van der Waals surface area (Å²) < 4.78 is 13.1. The number of nitrogens with zero attached hydrogens (tertiary/aromatic N) is 1. The number of rotatable bonds is 6. The monoisotopic (exact) mass is 374 g/mol. The lowest BCUT2D eigenvalue weighted by molar-refractivity contribution is 0.628. The summed E-state index contributed by atoms with van der Waals surface area (Å²) in [4.78, 5) is 4.50. The quantitative estimate of drug-likeness (QED) is 0.442. The van der Waals surface area contributed by atoms with E-state index < -0.39 is 0 Å². The highest BCUT2D eigenvalue weighted by Gasteiger charge is 2.14. The molecule has 0 saturated heterocycles. The third-order valence-corrected chi connectivity index (χ3v) is 4.77. The highest BCUT2D eigenvalue weighted by molar-refractivity contribution is 5.91. The molecule has 0 heterocycles. The second-order valence-corrected chi connectivity index (χ2v) is 7.57. The first-order valence-corrected chi connectivity index (χ1v) is 9.74. The van der Waals surface area contributed by atoms with Crippen molar-refractivity contribution in [2.45, 2.75) is 39.5 Å². The van der Waals surface area contributed by atoms with Crippen LogP contribution in [0.25, 0.3) is 0 Å². The Bertz CT molecular complexity index is 930. The van der Waals surface area contributed by atoms with E-state index >= 15 is 0 Å². The molecule has 3 aromatic rings. The average Bonchev–Trinajstić information content (AvgIpc) is 2.68. The highest BCUT2D eigenvalue weighted by atomic mass is 19.1. The van der Waals surface area contributed by atoms with Crippen molar-refractivity contribution >= 4 is 23.3 Å². The molecule has 28 heavy (non-hydrogen) atoms. The van der Waals surface area contributed by atoms with Crippen LogP contribution in [0.2, 0.25) is 0 Å². The summed E-state index contributed by atoms with van der Waals surface area (Å²) in [5, 5.41) is 3.67. The number of halogens is 1. The molecule has 3 heteroatoms. The molecule has 0 aliphatic carbocycles. The fourth-order valence-electron chi connectivity index (χ4n) is 3.22. The van der Waals surface area contributed by atoms with Gasteiger partial charge in [-0.25, -0.2) is 4.39 Å². The maximum Gasteiger partial charge on any atom is 0.123 e. The standard InChI is InChI=1S/C25H27FN2/c1-17(2)22-9-7-10-23(18(3)4)25(22)28-24-11-6-5-8-19(24)16-27-21-14-12-20(26)13-15-21/h5-18,28H,1-4H3. The van der Waals surface area contributed by atoms with Gasteiger partial charge in [0.15, 0.2) is 0 Å². The summed E-state index contributed by atoms with van der Waals surface area (Å²) in [5.74, 6) is 0.579. The van der Waals surface area contributed by atoms with Crippen LogP contribution in [0, 0.1) is 5.82 Å². The van der Waals surface area contributed by atoms with Crippen molar-refractivity contribution in [2.24, 2.45) is 4.99 Å². The molecule has 0 atom stereocenters. The van der Waals surface area contributed by atoms with E-state index in [1.54, 1.807) is 12.1 Å². The van der Waals surface area contributed by atoms with Gasteiger partial charge in [-0.2, -0.15) is 0 Å². The fourth-order valence-corrected chi connectivity index (χ4v) is 3.22. The van der Waals surface area contributed by atoms with Crippen LogP contribution in [0.5, 0.6) is 0 Å². The molecule has 144 valence electrons. The summed E-state index contributed by atoms with van der Waals surface area (Å²) in [7, 11) is 0. The fraction of sp³-hybridized carbons (Fsp3) is 0.240. The molecule has 0 amide bonds. The first-order chi connectivity index (χ1) is 13.5. The summed E-state index contributed by atoms with van der Waals surface area (Å²) in [6, 6.07) is 20.8. The molecule has 0 spiro atoms. The van der Waals surface area contributed by atoms with Crippen molar-refractivity contribution in [3.05, 3.63) is 89.2 Å². The van der Waals surface area contributed by atoms with Gasteiger partial charge in [0, 0.05) is 23.2 Å². The molecule has 0 bridgehead atoms. The van der Waals surface area contributed by atoms with Crippen LogP contribution in [0.1, 0.15) is 56.2 Å². The van der Waals surface area contributed by atoms with Crippen molar-refractivity contribution in [3.8, 4) is 0 Å². The maximum atomic E-state index is 13.1. The third kappa shape index (κ3) is 4.66. The molecule has 0 aliphatic heterocycles. The van der Waals surface area contributed by atoms with E-state index in [1.165, 1.54) is 28.9 Å². The van der Waals surface area contributed by atoms with E-state index in [0.717, 1.165) is 16.9 Å². The minimum atomic E-state index is -0.257. The zero-order valence-corrected chi connectivity index (χ0v) is 16.9. The van der Waals surface area contributed by atoms with Crippen LogP contribution in [-0.2, 0) is 0 Å². The van der Waals surface area contributed by atoms with Crippen molar-refractivity contribution < 1.29 is 4.39 Å². The molecule has 0 saturated carbocycles. The van der Waals surface area contributed by atoms with Gasteiger partial charge in [0.05, 0.1) is 5.69 Å².